The van der Waals surface area contributed by atoms with Gasteiger partial charge in [-0.15, -0.1) is 0 Å². The van der Waals surface area contributed by atoms with Gasteiger partial charge in [-0.1, -0.05) is 0 Å². The van der Waals surface area contributed by atoms with Crippen molar-refractivity contribution in [2.24, 2.45) is 0 Å². The summed E-state index contributed by atoms with van der Waals surface area (Å²) >= 11 is 3.22. The van der Waals surface area contributed by atoms with Crippen LogP contribution in [0.2, 0.25) is 0 Å². The number of esters is 1. The molecule has 1 fully saturated rings. The number of aromatic nitrogens is 1. The third kappa shape index (κ3) is 2.45. The Hall–Kier alpha value is -1.56. The maximum absolute atomic E-state index is 11.9. The monoisotopic (exact) mass is 325 g/mol. The highest BCUT2D eigenvalue weighted by Gasteiger charge is 2.34. The van der Waals surface area contributed by atoms with E-state index in [1.807, 2.05) is 0 Å². The molecule has 0 spiro atoms. The van der Waals surface area contributed by atoms with E-state index in [0.717, 1.165) is 12.8 Å². The molecule has 0 atom stereocenters. The van der Waals surface area contributed by atoms with Crippen LogP contribution in [0.15, 0.2) is 25.6 Å². The summed E-state index contributed by atoms with van der Waals surface area (Å²) in [6.45, 7) is 2.07. The van der Waals surface area contributed by atoms with Crippen LogP contribution in [0.1, 0.15) is 41.9 Å². The molecule has 0 bridgehead atoms. The number of hydrogen-bond acceptors (Lipinski definition) is 5. The van der Waals surface area contributed by atoms with Gasteiger partial charge >= 0.3 is 5.97 Å². The van der Waals surface area contributed by atoms with E-state index in [1.54, 1.807) is 19.1 Å². The van der Waals surface area contributed by atoms with E-state index < -0.39 is 5.97 Å². The number of halogens is 1. The summed E-state index contributed by atoms with van der Waals surface area (Å²) in [4.78, 5) is 16.2. The molecule has 3 rings (SSSR count). The molecule has 0 saturated heterocycles. The quantitative estimate of drug-likeness (QED) is 0.801. The lowest BCUT2D eigenvalue weighted by Gasteiger charge is -1.98. The van der Waals surface area contributed by atoms with E-state index in [0.29, 0.717) is 34.5 Å². The lowest BCUT2D eigenvalue weighted by molar-refractivity contribution is 0.0489. The van der Waals surface area contributed by atoms with Gasteiger partial charge in [-0.25, -0.2) is 9.78 Å². The second-order valence-electron chi connectivity index (χ2n) is 4.33. The Bertz CT molecular complexity index is 612. The van der Waals surface area contributed by atoms with Gasteiger partial charge in [0.1, 0.15) is 0 Å². The normalized spacial score (nSPS) is 14.6. The van der Waals surface area contributed by atoms with Crippen molar-refractivity contribution in [3.8, 4) is 11.7 Å². The molecular formula is C13H12BrNO4. The largest absolute Gasteiger partial charge is 0.460 e. The molecule has 2 aromatic heterocycles. The number of carbonyl (C=O) groups excluding carboxylic acids is 1. The van der Waals surface area contributed by atoms with E-state index in [-0.39, 0.29) is 5.76 Å². The SMILES string of the molecule is CCOC(=O)c1oc(-c2ccc(Br)o2)nc1C1CC1. The lowest BCUT2D eigenvalue weighted by atomic mass is 10.2. The molecule has 2 aromatic rings. The zero-order chi connectivity index (χ0) is 13.4. The second kappa shape index (κ2) is 4.85. The molecule has 1 saturated carbocycles. The number of furan rings is 1. The standard InChI is InChI=1S/C13H12BrNO4/c1-2-17-13(16)11-10(7-3-4-7)15-12(19-11)8-5-6-9(14)18-8/h5-7H,2-4H2,1H3. The van der Waals surface area contributed by atoms with Gasteiger partial charge in [-0.05, 0) is 47.8 Å². The van der Waals surface area contributed by atoms with Crippen LogP contribution in [0.4, 0.5) is 0 Å². The fourth-order valence-corrected chi connectivity index (χ4v) is 2.15. The van der Waals surface area contributed by atoms with Crippen LogP contribution in [0.5, 0.6) is 0 Å². The molecular weight excluding hydrogens is 314 g/mol. The molecule has 100 valence electrons. The van der Waals surface area contributed by atoms with Crippen molar-refractivity contribution in [2.75, 3.05) is 6.61 Å². The van der Waals surface area contributed by atoms with Gasteiger partial charge in [0, 0.05) is 5.92 Å². The third-order valence-electron chi connectivity index (χ3n) is 2.86. The van der Waals surface area contributed by atoms with Crippen LogP contribution in [-0.4, -0.2) is 17.6 Å². The second-order valence-corrected chi connectivity index (χ2v) is 5.11. The highest BCUT2D eigenvalue weighted by Crippen LogP contribution is 2.42. The summed E-state index contributed by atoms with van der Waals surface area (Å²) in [6, 6.07) is 3.49. The van der Waals surface area contributed by atoms with Crippen LogP contribution in [0, 0.1) is 0 Å². The highest BCUT2D eigenvalue weighted by molar-refractivity contribution is 9.10. The Balaban J connectivity index is 1.98. The van der Waals surface area contributed by atoms with Crippen molar-refractivity contribution in [1.29, 1.82) is 0 Å². The summed E-state index contributed by atoms with van der Waals surface area (Å²) in [6.07, 6.45) is 2.06. The fraction of sp³-hybridized carbons (Fsp3) is 0.385. The van der Waals surface area contributed by atoms with E-state index >= 15 is 0 Å². The maximum Gasteiger partial charge on any atom is 0.376 e. The van der Waals surface area contributed by atoms with Gasteiger partial charge in [0.2, 0.25) is 5.76 Å². The average molecular weight is 326 g/mol. The van der Waals surface area contributed by atoms with Gasteiger partial charge in [0.25, 0.3) is 5.89 Å². The van der Waals surface area contributed by atoms with Crippen molar-refractivity contribution < 1.29 is 18.4 Å². The zero-order valence-corrected chi connectivity index (χ0v) is 11.9. The topological polar surface area (TPSA) is 65.5 Å². The van der Waals surface area contributed by atoms with Crippen LogP contribution in [0.25, 0.3) is 11.7 Å². The first kappa shape index (κ1) is 12.5. The summed E-state index contributed by atoms with van der Waals surface area (Å²) < 4.78 is 16.5. The van der Waals surface area contributed by atoms with Crippen molar-refractivity contribution in [2.45, 2.75) is 25.7 Å². The first-order valence-corrected chi connectivity index (χ1v) is 6.92. The molecule has 0 unspecified atom stereocenters. The molecule has 0 radical (unpaired) electrons. The van der Waals surface area contributed by atoms with Crippen LogP contribution in [-0.2, 0) is 4.74 Å². The minimum Gasteiger partial charge on any atom is -0.460 e. The molecule has 19 heavy (non-hydrogen) atoms. The van der Waals surface area contributed by atoms with E-state index in [4.69, 9.17) is 13.6 Å². The smallest absolute Gasteiger partial charge is 0.376 e. The molecule has 1 aliphatic carbocycles. The van der Waals surface area contributed by atoms with Crippen LogP contribution < -0.4 is 0 Å². The van der Waals surface area contributed by atoms with E-state index in [9.17, 15) is 4.79 Å². The van der Waals surface area contributed by atoms with Gasteiger partial charge in [0.05, 0.1) is 12.3 Å². The molecule has 2 heterocycles. The molecule has 0 aliphatic heterocycles. The van der Waals surface area contributed by atoms with E-state index in [1.165, 1.54) is 0 Å². The Kier molecular flexibility index (Phi) is 3.18. The minimum absolute atomic E-state index is 0.201. The first-order valence-electron chi connectivity index (χ1n) is 6.12. The van der Waals surface area contributed by atoms with Gasteiger partial charge in [-0.2, -0.15) is 0 Å². The van der Waals surface area contributed by atoms with E-state index in [2.05, 4.69) is 20.9 Å². The minimum atomic E-state index is -0.464. The molecule has 6 heteroatoms. The predicted octanol–water partition coefficient (Wildman–Crippen LogP) is 3.75. The Morgan fingerprint density at radius 1 is 1.47 bits per heavy atom. The van der Waals surface area contributed by atoms with Crippen molar-refractivity contribution in [3.05, 3.63) is 28.3 Å². The zero-order valence-electron chi connectivity index (χ0n) is 10.3. The van der Waals surface area contributed by atoms with Crippen LogP contribution >= 0.6 is 15.9 Å². The Morgan fingerprint density at radius 3 is 2.84 bits per heavy atom. The van der Waals surface area contributed by atoms with Gasteiger partial charge in [-0.3, -0.25) is 0 Å². The van der Waals surface area contributed by atoms with Crippen molar-refractivity contribution in [1.82, 2.24) is 4.98 Å². The molecule has 0 N–H and O–H groups in total. The number of hydrogen-bond donors (Lipinski definition) is 0. The summed E-state index contributed by atoms with van der Waals surface area (Å²) in [7, 11) is 0. The number of ether oxygens (including phenoxy) is 1. The number of carbonyl (C=O) groups is 1. The Morgan fingerprint density at radius 2 is 2.26 bits per heavy atom. The summed E-state index contributed by atoms with van der Waals surface area (Å²) in [5.74, 6) is 0.843. The number of oxazole rings is 1. The Labute approximate surface area is 118 Å². The third-order valence-corrected chi connectivity index (χ3v) is 3.29. The van der Waals surface area contributed by atoms with Crippen molar-refractivity contribution >= 4 is 21.9 Å². The molecule has 1 aliphatic rings. The number of nitrogens with zero attached hydrogens (tertiary/aromatic N) is 1. The summed E-state index contributed by atoms with van der Waals surface area (Å²) in [5, 5.41) is 0. The molecule has 0 aromatic carbocycles. The van der Waals surface area contributed by atoms with Crippen molar-refractivity contribution in [3.63, 3.8) is 0 Å². The van der Waals surface area contributed by atoms with Gasteiger partial charge in [0.15, 0.2) is 10.4 Å². The fourth-order valence-electron chi connectivity index (χ4n) is 1.84. The van der Waals surface area contributed by atoms with Gasteiger partial charge < -0.3 is 13.6 Å². The highest BCUT2D eigenvalue weighted by atomic mass is 79.9. The lowest BCUT2D eigenvalue weighted by Crippen LogP contribution is -2.05. The summed E-state index contributed by atoms with van der Waals surface area (Å²) in [5.41, 5.74) is 0.681. The molecule has 0 amide bonds. The number of rotatable bonds is 4. The molecule has 5 nitrogen and oxygen atoms in total. The maximum atomic E-state index is 11.9. The first-order chi connectivity index (χ1) is 9.19. The predicted molar refractivity (Wildman–Crippen MR) is 69.8 cm³/mol. The van der Waals surface area contributed by atoms with Crippen LogP contribution in [0.3, 0.4) is 0 Å². The average Bonchev–Trinajstić information content (AvgIpc) is 2.98.